The predicted octanol–water partition coefficient (Wildman–Crippen LogP) is 0.512. The van der Waals surface area contributed by atoms with Crippen LogP contribution in [-0.4, -0.2) is 12.3 Å². The van der Waals surface area contributed by atoms with Gasteiger partial charge in [0.15, 0.2) is 0 Å². The molecule has 0 fully saturated rings. The average molecular weight is 136 g/mol. The Morgan fingerprint density at radius 3 is 2.38 bits per heavy atom. The van der Waals surface area contributed by atoms with Gasteiger partial charge in [0.05, 0.1) is 6.54 Å². The van der Waals surface area contributed by atoms with Crippen molar-refractivity contribution in [1.82, 2.24) is 0 Å². The number of carbonyl (C=O) groups excluding carboxylic acids is 1. The van der Waals surface area contributed by atoms with Crippen LogP contribution in [0.25, 0.3) is 0 Å². The van der Waals surface area contributed by atoms with Crippen LogP contribution in [0.1, 0.15) is 6.42 Å². The van der Waals surface area contributed by atoms with E-state index in [0.717, 1.165) is 0 Å². The third-order valence-corrected chi connectivity index (χ3v) is 0.600. The standard InChI is InChI=1S/C5H9NO.ClH/c1-2-3-5(7)4-6;/h2H,1,3-4,6H2;1H. The maximum atomic E-state index is 10.2. The van der Waals surface area contributed by atoms with Gasteiger partial charge in [-0.3, -0.25) is 4.79 Å². The number of hydrogen-bond acceptors (Lipinski definition) is 2. The molecule has 0 radical (unpaired) electrons. The van der Waals surface area contributed by atoms with Crippen molar-refractivity contribution in [3.63, 3.8) is 0 Å². The van der Waals surface area contributed by atoms with Gasteiger partial charge < -0.3 is 5.73 Å². The number of hydrogen-bond donors (Lipinski definition) is 1. The van der Waals surface area contributed by atoms with Gasteiger partial charge in [-0.1, -0.05) is 6.08 Å². The van der Waals surface area contributed by atoms with E-state index in [1.165, 1.54) is 0 Å². The highest BCUT2D eigenvalue weighted by molar-refractivity contribution is 5.85. The highest BCUT2D eigenvalue weighted by Crippen LogP contribution is 1.77. The Morgan fingerprint density at radius 1 is 1.75 bits per heavy atom. The molecule has 0 aliphatic carbocycles. The lowest BCUT2D eigenvalue weighted by molar-refractivity contribution is -0.116. The van der Waals surface area contributed by atoms with Gasteiger partial charge in [-0.2, -0.15) is 0 Å². The van der Waals surface area contributed by atoms with Crippen molar-refractivity contribution in [3.8, 4) is 0 Å². The molecule has 0 saturated heterocycles. The lowest BCUT2D eigenvalue weighted by Crippen LogP contribution is -2.11. The summed E-state index contributed by atoms with van der Waals surface area (Å²) < 4.78 is 0. The Kier molecular flexibility index (Phi) is 8.83. The SMILES string of the molecule is C=CCC(=O)CN.Cl. The van der Waals surface area contributed by atoms with E-state index in [4.69, 9.17) is 5.73 Å². The molecule has 0 atom stereocenters. The summed E-state index contributed by atoms with van der Waals surface area (Å²) in [6.07, 6.45) is 1.95. The van der Waals surface area contributed by atoms with Crippen molar-refractivity contribution in [3.05, 3.63) is 12.7 Å². The van der Waals surface area contributed by atoms with Gasteiger partial charge in [0.1, 0.15) is 5.78 Å². The molecule has 2 N–H and O–H groups in total. The van der Waals surface area contributed by atoms with Crippen LogP contribution in [-0.2, 0) is 4.79 Å². The van der Waals surface area contributed by atoms with Crippen LogP contribution in [0.4, 0.5) is 0 Å². The van der Waals surface area contributed by atoms with E-state index in [1.54, 1.807) is 6.08 Å². The Balaban J connectivity index is 0. The number of ketones is 1. The van der Waals surface area contributed by atoms with Crippen molar-refractivity contribution in [2.75, 3.05) is 6.54 Å². The van der Waals surface area contributed by atoms with Gasteiger partial charge in [0.2, 0.25) is 0 Å². The molecule has 0 saturated carbocycles. The van der Waals surface area contributed by atoms with Crippen LogP contribution in [0.2, 0.25) is 0 Å². The topological polar surface area (TPSA) is 43.1 Å². The smallest absolute Gasteiger partial charge is 0.150 e. The first kappa shape index (κ1) is 10.6. The van der Waals surface area contributed by atoms with Gasteiger partial charge in [0.25, 0.3) is 0 Å². The van der Waals surface area contributed by atoms with Gasteiger partial charge in [0, 0.05) is 6.42 Å². The maximum Gasteiger partial charge on any atom is 0.150 e. The highest BCUT2D eigenvalue weighted by atomic mass is 35.5. The van der Waals surface area contributed by atoms with E-state index in [0.29, 0.717) is 6.42 Å². The second-order valence-electron chi connectivity index (χ2n) is 1.24. The van der Waals surface area contributed by atoms with Gasteiger partial charge in [-0.05, 0) is 0 Å². The summed E-state index contributed by atoms with van der Waals surface area (Å²) >= 11 is 0. The van der Waals surface area contributed by atoms with E-state index < -0.39 is 0 Å². The Labute approximate surface area is 55.2 Å². The molecule has 0 heterocycles. The second-order valence-corrected chi connectivity index (χ2v) is 1.24. The fourth-order valence-electron chi connectivity index (χ4n) is 0.244. The summed E-state index contributed by atoms with van der Waals surface area (Å²) in [5.74, 6) is 0.0370. The van der Waals surface area contributed by atoms with Crippen LogP contribution in [0.15, 0.2) is 12.7 Å². The molecule has 0 aromatic heterocycles. The third kappa shape index (κ3) is 5.66. The van der Waals surface area contributed by atoms with E-state index in [2.05, 4.69) is 6.58 Å². The molecule has 0 aromatic carbocycles. The molecule has 0 bridgehead atoms. The zero-order chi connectivity index (χ0) is 5.70. The van der Waals surface area contributed by atoms with Crippen molar-refractivity contribution in [1.29, 1.82) is 0 Å². The number of allylic oxidation sites excluding steroid dienone is 1. The van der Waals surface area contributed by atoms with Gasteiger partial charge in [-0.25, -0.2) is 0 Å². The molecule has 0 aromatic rings. The van der Waals surface area contributed by atoms with Crippen LogP contribution in [0.5, 0.6) is 0 Å². The number of Topliss-reactive ketones (excluding diaryl/α,β-unsaturated/α-hetero) is 1. The lowest BCUT2D eigenvalue weighted by Gasteiger charge is -1.84. The van der Waals surface area contributed by atoms with Crippen LogP contribution in [0.3, 0.4) is 0 Å². The van der Waals surface area contributed by atoms with Crippen molar-refractivity contribution in [2.45, 2.75) is 6.42 Å². The highest BCUT2D eigenvalue weighted by Gasteiger charge is 1.89. The molecular formula is C5H10ClNO. The van der Waals surface area contributed by atoms with Crippen molar-refractivity contribution >= 4 is 18.2 Å². The van der Waals surface area contributed by atoms with E-state index in [1.807, 2.05) is 0 Å². The fraction of sp³-hybridized carbons (Fsp3) is 0.400. The average Bonchev–Trinajstić information content (AvgIpc) is 1.68. The molecule has 3 heteroatoms. The number of carbonyl (C=O) groups is 1. The van der Waals surface area contributed by atoms with E-state index in [-0.39, 0.29) is 24.7 Å². The largest absolute Gasteiger partial charge is 0.324 e. The molecule has 48 valence electrons. The van der Waals surface area contributed by atoms with Crippen LogP contribution >= 0.6 is 12.4 Å². The minimum Gasteiger partial charge on any atom is -0.324 e. The molecule has 2 nitrogen and oxygen atoms in total. The number of nitrogens with two attached hydrogens (primary N) is 1. The van der Waals surface area contributed by atoms with Crippen molar-refractivity contribution in [2.24, 2.45) is 5.73 Å². The Morgan fingerprint density at radius 2 is 2.25 bits per heavy atom. The summed E-state index contributed by atoms with van der Waals surface area (Å²) in [5.41, 5.74) is 4.96. The first-order chi connectivity index (χ1) is 3.31. The normalized spacial score (nSPS) is 7.12. The second kappa shape index (κ2) is 6.66. The van der Waals surface area contributed by atoms with Crippen LogP contribution in [0, 0.1) is 0 Å². The van der Waals surface area contributed by atoms with Crippen LogP contribution < -0.4 is 5.73 Å². The van der Waals surface area contributed by atoms with E-state index in [9.17, 15) is 4.79 Å². The quantitative estimate of drug-likeness (QED) is 0.574. The lowest BCUT2D eigenvalue weighted by atomic mass is 10.3. The minimum absolute atomic E-state index is 0. The Hall–Kier alpha value is -0.340. The molecule has 0 rings (SSSR count). The van der Waals surface area contributed by atoms with Gasteiger partial charge >= 0.3 is 0 Å². The molecule has 0 aliphatic heterocycles. The molecular weight excluding hydrogens is 126 g/mol. The predicted molar refractivity (Wildman–Crippen MR) is 36.1 cm³/mol. The van der Waals surface area contributed by atoms with Crippen molar-refractivity contribution < 1.29 is 4.79 Å². The monoisotopic (exact) mass is 135 g/mol. The molecule has 0 amide bonds. The maximum absolute atomic E-state index is 10.2. The zero-order valence-corrected chi connectivity index (χ0v) is 5.41. The molecule has 8 heavy (non-hydrogen) atoms. The summed E-state index contributed by atoms with van der Waals surface area (Å²) in [7, 11) is 0. The summed E-state index contributed by atoms with van der Waals surface area (Å²) in [6, 6.07) is 0. The molecule has 0 spiro atoms. The van der Waals surface area contributed by atoms with E-state index >= 15 is 0 Å². The first-order valence-corrected chi connectivity index (χ1v) is 2.14. The third-order valence-electron chi connectivity index (χ3n) is 0.600. The summed E-state index contributed by atoms with van der Waals surface area (Å²) in [4.78, 5) is 10.2. The number of rotatable bonds is 3. The number of halogens is 1. The summed E-state index contributed by atoms with van der Waals surface area (Å²) in [5, 5.41) is 0. The fourth-order valence-corrected chi connectivity index (χ4v) is 0.244. The first-order valence-electron chi connectivity index (χ1n) is 2.14. The minimum atomic E-state index is 0. The zero-order valence-electron chi connectivity index (χ0n) is 4.59. The molecule has 0 aliphatic rings. The summed E-state index contributed by atoms with van der Waals surface area (Å²) in [6.45, 7) is 3.50. The Bertz CT molecular complexity index is 82.5. The molecule has 0 unspecified atom stereocenters. The van der Waals surface area contributed by atoms with Gasteiger partial charge in [-0.15, -0.1) is 19.0 Å².